The smallest absolute Gasteiger partial charge is 0.184 e. The SMILES string of the molecule is COc1ccc(C)cc1CS(=O)(=O)c1ccc(Cl)cc1N. The molecule has 2 rings (SSSR count). The number of hydrogen-bond acceptors (Lipinski definition) is 4. The molecule has 0 aliphatic rings. The van der Waals surface area contributed by atoms with Crippen LogP contribution in [0.3, 0.4) is 0 Å². The summed E-state index contributed by atoms with van der Waals surface area (Å²) >= 11 is 5.80. The van der Waals surface area contributed by atoms with E-state index in [1.807, 2.05) is 13.0 Å². The molecule has 2 N–H and O–H groups in total. The minimum Gasteiger partial charge on any atom is -0.496 e. The van der Waals surface area contributed by atoms with Crippen LogP contribution in [0.4, 0.5) is 5.69 Å². The molecule has 6 heteroatoms. The molecule has 0 saturated carbocycles. The van der Waals surface area contributed by atoms with E-state index in [1.54, 1.807) is 12.1 Å². The number of anilines is 1. The molecule has 4 nitrogen and oxygen atoms in total. The number of hydrogen-bond donors (Lipinski definition) is 1. The van der Waals surface area contributed by atoms with Crippen LogP contribution in [0.15, 0.2) is 41.3 Å². The summed E-state index contributed by atoms with van der Waals surface area (Å²) in [6.45, 7) is 1.90. The highest BCUT2D eigenvalue weighted by Crippen LogP contribution is 2.28. The van der Waals surface area contributed by atoms with Gasteiger partial charge in [0.1, 0.15) is 5.75 Å². The fourth-order valence-corrected chi connectivity index (χ4v) is 3.77. The molecular formula is C15H16ClNO3S. The molecule has 0 heterocycles. The standard InChI is InChI=1S/C15H16ClNO3S/c1-10-3-5-14(20-2)11(7-10)9-21(18,19)15-6-4-12(16)8-13(15)17/h3-8H,9,17H2,1-2H3. The number of methoxy groups -OCH3 is 1. The van der Waals surface area contributed by atoms with E-state index in [2.05, 4.69) is 0 Å². The van der Waals surface area contributed by atoms with Crippen LogP contribution in [-0.4, -0.2) is 15.5 Å². The first-order chi connectivity index (χ1) is 9.83. The van der Waals surface area contributed by atoms with E-state index in [0.717, 1.165) is 5.56 Å². The molecule has 0 aliphatic carbocycles. The van der Waals surface area contributed by atoms with Gasteiger partial charge in [-0.3, -0.25) is 0 Å². The zero-order valence-electron chi connectivity index (χ0n) is 11.8. The minimum atomic E-state index is -3.57. The van der Waals surface area contributed by atoms with Crippen molar-refractivity contribution in [1.29, 1.82) is 0 Å². The Kier molecular flexibility index (Phi) is 4.44. The van der Waals surface area contributed by atoms with Crippen molar-refractivity contribution in [3.05, 3.63) is 52.5 Å². The van der Waals surface area contributed by atoms with E-state index in [9.17, 15) is 8.42 Å². The molecule has 21 heavy (non-hydrogen) atoms. The van der Waals surface area contributed by atoms with Gasteiger partial charge in [0.25, 0.3) is 0 Å². The fourth-order valence-electron chi connectivity index (χ4n) is 2.11. The summed E-state index contributed by atoms with van der Waals surface area (Å²) in [7, 11) is -2.06. The first-order valence-electron chi connectivity index (χ1n) is 6.25. The lowest BCUT2D eigenvalue weighted by Gasteiger charge is -2.11. The average Bonchev–Trinajstić information content (AvgIpc) is 2.37. The van der Waals surface area contributed by atoms with Crippen molar-refractivity contribution in [2.75, 3.05) is 12.8 Å². The van der Waals surface area contributed by atoms with Gasteiger partial charge in [-0.25, -0.2) is 8.42 Å². The Hall–Kier alpha value is -1.72. The Morgan fingerprint density at radius 3 is 2.52 bits per heavy atom. The molecule has 0 amide bonds. The molecule has 0 unspecified atom stereocenters. The van der Waals surface area contributed by atoms with Crippen molar-refractivity contribution < 1.29 is 13.2 Å². The predicted octanol–water partition coefficient (Wildman–Crippen LogP) is 3.21. The second-order valence-electron chi connectivity index (χ2n) is 4.76. The minimum absolute atomic E-state index is 0.0791. The van der Waals surface area contributed by atoms with Crippen molar-refractivity contribution in [2.24, 2.45) is 0 Å². The van der Waals surface area contributed by atoms with Gasteiger partial charge >= 0.3 is 0 Å². The molecule has 0 bridgehead atoms. The van der Waals surface area contributed by atoms with Gasteiger partial charge in [0.15, 0.2) is 9.84 Å². The van der Waals surface area contributed by atoms with Gasteiger partial charge < -0.3 is 10.5 Å². The summed E-state index contributed by atoms with van der Waals surface area (Å²) in [6.07, 6.45) is 0. The molecule has 0 radical (unpaired) electrons. The van der Waals surface area contributed by atoms with Crippen LogP contribution in [0.1, 0.15) is 11.1 Å². The summed E-state index contributed by atoms with van der Waals surface area (Å²) < 4.78 is 30.3. The van der Waals surface area contributed by atoms with E-state index in [-0.39, 0.29) is 16.3 Å². The molecule has 0 saturated heterocycles. The lowest BCUT2D eigenvalue weighted by molar-refractivity contribution is 0.411. The largest absolute Gasteiger partial charge is 0.496 e. The van der Waals surface area contributed by atoms with Crippen LogP contribution in [0.5, 0.6) is 5.75 Å². The van der Waals surface area contributed by atoms with Crippen molar-refractivity contribution >= 4 is 27.1 Å². The number of rotatable bonds is 4. The first-order valence-corrected chi connectivity index (χ1v) is 8.28. The Balaban J connectivity index is 2.44. The van der Waals surface area contributed by atoms with Gasteiger partial charge in [0.05, 0.1) is 23.4 Å². The van der Waals surface area contributed by atoms with Crippen molar-refractivity contribution in [2.45, 2.75) is 17.6 Å². The van der Waals surface area contributed by atoms with Gasteiger partial charge in [0.2, 0.25) is 0 Å². The molecular weight excluding hydrogens is 310 g/mol. The molecule has 0 atom stereocenters. The maximum absolute atomic E-state index is 12.5. The lowest BCUT2D eigenvalue weighted by atomic mass is 10.1. The topological polar surface area (TPSA) is 69.4 Å². The van der Waals surface area contributed by atoms with E-state index in [0.29, 0.717) is 16.3 Å². The quantitative estimate of drug-likeness (QED) is 0.876. The third-order valence-corrected chi connectivity index (χ3v) is 5.06. The maximum atomic E-state index is 12.5. The van der Waals surface area contributed by atoms with E-state index in [4.69, 9.17) is 22.1 Å². The highest BCUT2D eigenvalue weighted by Gasteiger charge is 2.20. The lowest BCUT2D eigenvalue weighted by Crippen LogP contribution is -2.09. The van der Waals surface area contributed by atoms with E-state index >= 15 is 0 Å². The average molecular weight is 326 g/mol. The normalized spacial score (nSPS) is 11.4. The second kappa shape index (κ2) is 5.95. The Morgan fingerprint density at radius 1 is 1.19 bits per heavy atom. The Morgan fingerprint density at radius 2 is 1.90 bits per heavy atom. The number of halogens is 1. The number of nitrogens with two attached hydrogens (primary N) is 1. The number of nitrogen functional groups attached to an aromatic ring is 1. The zero-order valence-corrected chi connectivity index (χ0v) is 13.3. The van der Waals surface area contributed by atoms with Crippen molar-refractivity contribution in [3.63, 3.8) is 0 Å². The van der Waals surface area contributed by atoms with Crippen molar-refractivity contribution in [3.8, 4) is 5.75 Å². The molecule has 0 fully saturated rings. The van der Waals surface area contributed by atoms with Gasteiger partial charge in [-0.2, -0.15) is 0 Å². The Bertz CT molecular complexity index is 772. The molecule has 0 aromatic heterocycles. The number of aryl methyl sites for hydroxylation is 1. The summed E-state index contributed by atoms with van der Waals surface area (Å²) in [6, 6.07) is 9.79. The van der Waals surface area contributed by atoms with Gasteiger partial charge in [-0.1, -0.05) is 29.3 Å². The molecule has 0 aliphatic heterocycles. The second-order valence-corrected chi connectivity index (χ2v) is 7.15. The van der Waals surface area contributed by atoms with Crippen LogP contribution in [-0.2, 0) is 15.6 Å². The highest BCUT2D eigenvalue weighted by atomic mass is 35.5. The number of benzene rings is 2. The van der Waals surface area contributed by atoms with Crippen LogP contribution in [0.2, 0.25) is 5.02 Å². The molecule has 0 spiro atoms. The Labute approximate surface area is 129 Å². The van der Waals surface area contributed by atoms with Gasteiger partial charge in [-0.15, -0.1) is 0 Å². The third-order valence-electron chi connectivity index (χ3n) is 3.09. The molecule has 2 aromatic carbocycles. The maximum Gasteiger partial charge on any atom is 0.184 e. The fraction of sp³-hybridized carbons (Fsp3) is 0.200. The third kappa shape index (κ3) is 3.49. The van der Waals surface area contributed by atoms with E-state index < -0.39 is 9.84 Å². The van der Waals surface area contributed by atoms with Crippen LogP contribution in [0, 0.1) is 6.92 Å². The van der Waals surface area contributed by atoms with Gasteiger partial charge in [0, 0.05) is 10.6 Å². The predicted molar refractivity (Wildman–Crippen MR) is 84.5 cm³/mol. The highest BCUT2D eigenvalue weighted by molar-refractivity contribution is 7.90. The number of sulfone groups is 1. The van der Waals surface area contributed by atoms with Crippen LogP contribution in [0.25, 0.3) is 0 Å². The summed E-state index contributed by atoms with van der Waals surface area (Å²) in [5, 5.41) is 0.402. The number of ether oxygens (including phenoxy) is 1. The molecule has 112 valence electrons. The summed E-state index contributed by atoms with van der Waals surface area (Å²) in [5.74, 6) is 0.362. The zero-order chi connectivity index (χ0) is 15.6. The van der Waals surface area contributed by atoms with Crippen molar-refractivity contribution in [1.82, 2.24) is 0 Å². The van der Waals surface area contributed by atoms with Gasteiger partial charge in [-0.05, 0) is 31.2 Å². The van der Waals surface area contributed by atoms with Crippen LogP contribution >= 0.6 is 11.6 Å². The summed E-state index contributed by atoms with van der Waals surface area (Å²) in [5.41, 5.74) is 7.48. The monoisotopic (exact) mass is 325 g/mol. The van der Waals surface area contributed by atoms with E-state index in [1.165, 1.54) is 25.3 Å². The molecule has 2 aromatic rings. The van der Waals surface area contributed by atoms with Crippen LogP contribution < -0.4 is 10.5 Å². The first kappa shape index (κ1) is 15.7. The summed E-state index contributed by atoms with van der Waals surface area (Å²) in [4.78, 5) is 0.0791.